The first-order chi connectivity index (χ1) is 6.63. The van der Waals surface area contributed by atoms with Crippen molar-refractivity contribution >= 4 is 11.7 Å². The Labute approximate surface area is 81.6 Å². The van der Waals surface area contributed by atoms with E-state index in [1.807, 2.05) is 6.92 Å². The Kier molecular flexibility index (Phi) is 3.39. The summed E-state index contributed by atoms with van der Waals surface area (Å²) in [5.74, 6) is 0.253. The largest absolute Gasteiger partial charge is 0.346 e. The first kappa shape index (κ1) is 10.4. The van der Waals surface area contributed by atoms with Crippen LogP contribution in [0.5, 0.6) is 0 Å². The van der Waals surface area contributed by atoms with E-state index in [9.17, 15) is 9.59 Å². The van der Waals surface area contributed by atoms with Crippen LogP contribution in [0.2, 0.25) is 0 Å². The van der Waals surface area contributed by atoms with E-state index in [0.717, 1.165) is 18.4 Å². The highest BCUT2D eigenvalue weighted by molar-refractivity contribution is 5.88. The Morgan fingerprint density at radius 2 is 2.36 bits per heavy atom. The van der Waals surface area contributed by atoms with Crippen molar-refractivity contribution in [2.75, 3.05) is 5.32 Å². The molecule has 0 spiro atoms. The number of carbonyl (C=O) groups excluding carboxylic acids is 1. The molecule has 0 saturated heterocycles. The van der Waals surface area contributed by atoms with Crippen LogP contribution in [0.25, 0.3) is 0 Å². The molecule has 1 amide bonds. The maximum Gasteiger partial charge on any atom is 0.346 e. The molecule has 0 radical (unpaired) electrons. The number of carbonyl (C=O) groups is 1. The molecule has 0 aliphatic carbocycles. The van der Waals surface area contributed by atoms with E-state index in [2.05, 4.69) is 15.3 Å². The smallest absolute Gasteiger partial charge is 0.312 e. The van der Waals surface area contributed by atoms with Crippen LogP contribution in [0.3, 0.4) is 0 Å². The first-order valence-electron chi connectivity index (χ1n) is 4.49. The van der Waals surface area contributed by atoms with Gasteiger partial charge < -0.3 is 5.32 Å². The number of hydrogen-bond donors (Lipinski definition) is 2. The molecule has 0 aromatic carbocycles. The summed E-state index contributed by atoms with van der Waals surface area (Å²) in [7, 11) is 0. The molecule has 0 aliphatic heterocycles. The molecule has 76 valence electrons. The summed E-state index contributed by atoms with van der Waals surface area (Å²) < 4.78 is 0. The molecule has 14 heavy (non-hydrogen) atoms. The number of H-pyrrole nitrogens is 1. The van der Waals surface area contributed by atoms with Gasteiger partial charge in [0, 0.05) is 18.7 Å². The number of aromatic amines is 1. The van der Waals surface area contributed by atoms with Gasteiger partial charge in [-0.1, -0.05) is 13.3 Å². The molecule has 1 rings (SSSR count). The molecule has 1 aromatic heterocycles. The molecule has 1 heterocycles. The summed E-state index contributed by atoms with van der Waals surface area (Å²) in [6, 6.07) is 0. The first-order valence-corrected chi connectivity index (χ1v) is 4.49. The summed E-state index contributed by atoms with van der Waals surface area (Å²) in [5, 5.41) is 2.56. The molecule has 0 atom stereocenters. The minimum Gasteiger partial charge on any atom is -0.312 e. The monoisotopic (exact) mass is 195 g/mol. The molecule has 0 unspecified atom stereocenters. The van der Waals surface area contributed by atoms with Crippen molar-refractivity contribution in [3.05, 3.63) is 22.2 Å². The minimum absolute atomic E-state index is 0.204. The Morgan fingerprint density at radius 3 is 2.93 bits per heavy atom. The minimum atomic E-state index is -0.450. The van der Waals surface area contributed by atoms with Gasteiger partial charge in [-0.25, -0.2) is 9.78 Å². The van der Waals surface area contributed by atoms with Crippen molar-refractivity contribution in [1.29, 1.82) is 0 Å². The van der Waals surface area contributed by atoms with Gasteiger partial charge in [0.15, 0.2) is 0 Å². The molecule has 2 N–H and O–H groups in total. The maximum absolute atomic E-state index is 10.9. The average molecular weight is 195 g/mol. The maximum atomic E-state index is 10.9. The molecule has 1 aromatic rings. The molecule has 0 saturated carbocycles. The van der Waals surface area contributed by atoms with E-state index >= 15 is 0 Å². The van der Waals surface area contributed by atoms with Crippen LogP contribution < -0.4 is 11.0 Å². The van der Waals surface area contributed by atoms with Gasteiger partial charge >= 0.3 is 5.69 Å². The summed E-state index contributed by atoms with van der Waals surface area (Å²) in [5.41, 5.74) is 0.399. The lowest BCUT2D eigenvalue weighted by molar-refractivity contribution is -0.114. The molecule has 5 heteroatoms. The fraction of sp³-hybridized carbons (Fsp3) is 0.444. The zero-order valence-corrected chi connectivity index (χ0v) is 8.26. The predicted molar refractivity (Wildman–Crippen MR) is 53.2 cm³/mol. The van der Waals surface area contributed by atoms with E-state index in [0.29, 0.717) is 5.82 Å². The quantitative estimate of drug-likeness (QED) is 0.744. The van der Waals surface area contributed by atoms with Gasteiger partial charge in [0.05, 0.1) is 0 Å². The Balaban J connectivity index is 3.02. The summed E-state index contributed by atoms with van der Waals surface area (Å²) in [6.07, 6.45) is 3.20. The number of aromatic nitrogens is 2. The summed E-state index contributed by atoms with van der Waals surface area (Å²) >= 11 is 0. The Morgan fingerprint density at radius 1 is 1.64 bits per heavy atom. The lowest BCUT2D eigenvalue weighted by atomic mass is 10.2. The third kappa shape index (κ3) is 2.69. The van der Waals surface area contributed by atoms with Gasteiger partial charge in [0.1, 0.15) is 5.82 Å². The molecular weight excluding hydrogens is 182 g/mol. The third-order valence-electron chi connectivity index (χ3n) is 1.71. The number of nitrogens with one attached hydrogen (secondary N) is 2. The van der Waals surface area contributed by atoms with E-state index in [1.54, 1.807) is 0 Å². The van der Waals surface area contributed by atoms with E-state index in [1.165, 1.54) is 13.1 Å². The standard InChI is InChI=1S/C9H13N3O2/c1-3-4-7-5-10-9(14)12-8(7)11-6(2)13/h5H,3-4H2,1-2H3,(H2,10,11,12,13,14). The summed E-state index contributed by atoms with van der Waals surface area (Å²) in [4.78, 5) is 27.8. The highest BCUT2D eigenvalue weighted by Crippen LogP contribution is 2.10. The van der Waals surface area contributed by atoms with Crippen LogP contribution in [-0.4, -0.2) is 15.9 Å². The SMILES string of the molecule is CCCc1cnc(=O)[nH]c1NC(C)=O. The van der Waals surface area contributed by atoms with Crippen molar-refractivity contribution in [1.82, 2.24) is 9.97 Å². The van der Waals surface area contributed by atoms with Gasteiger partial charge in [-0.2, -0.15) is 0 Å². The topological polar surface area (TPSA) is 74.8 Å². The molecular formula is C9H13N3O2. The van der Waals surface area contributed by atoms with Gasteiger partial charge in [-0.15, -0.1) is 0 Å². The Bertz CT molecular complexity index is 384. The fourth-order valence-corrected chi connectivity index (χ4v) is 1.17. The van der Waals surface area contributed by atoms with Crippen molar-refractivity contribution in [2.45, 2.75) is 26.7 Å². The highest BCUT2D eigenvalue weighted by atomic mass is 16.2. The molecule has 5 nitrogen and oxygen atoms in total. The molecule has 0 aliphatic rings. The van der Waals surface area contributed by atoms with Crippen molar-refractivity contribution < 1.29 is 4.79 Å². The highest BCUT2D eigenvalue weighted by Gasteiger charge is 2.04. The lowest BCUT2D eigenvalue weighted by Crippen LogP contribution is -2.17. The van der Waals surface area contributed by atoms with E-state index in [-0.39, 0.29) is 5.91 Å². The van der Waals surface area contributed by atoms with Crippen molar-refractivity contribution in [3.8, 4) is 0 Å². The number of rotatable bonds is 3. The normalized spacial score (nSPS) is 9.86. The van der Waals surface area contributed by atoms with E-state index < -0.39 is 5.69 Å². The second-order valence-electron chi connectivity index (χ2n) is 3.02. The second-order valence-corrected chi connectivity index (χ2v) is 3.02. The molecule has 0 fully saturated rings. The van der Waals surface area contributed by atoms with Crippen LogP contribution in [-0.2, 0) is 11.2 Å². The van der Waals surface area contributed by atoms with Crippen molar-refractivity contribution in [3.63, 3.8) is 0 Å². The third-order valence-corrected chi connectivity index (χ3v) is 1.71. The average Bonchev–Trinajstić information content (AvgIpc) is 2.09. The molecule has 0 bridgehead atoms. The van der Waals surface area contributed by atoms with Gasteiger partial charge in [0.25, 0.3) is 0 Å². The second kappa shape index (κ2) is 4.55. The number of anilines is 1. The zero-order chi connectivity index (χ0) is 10.6. The van der Waals surface area contributed by atoms with Crippen LogP contribution >= 0.6 is 0 Å². The van der Waals surface area contributed by atoms with Gasteiger partial charge in [-0.05, 0) is 6.42 Å². The number of aryl methyl sites for hydroxylation is 1. The van der Waals surface area contributed by atoms with Crippen LogP contribution in [0, 0.1) is 0 Å². The van der Waals surface area contributed by atoms with E-state index in [4.69, 9.17) is 0 Å². The van der Waals surface area contributed by atoms with Gasteiger partial charge in [-0.3, -0.25) is 9.78 Å². The van der Waals surface area contributed by atoms with Crippen LogP contribution in [0.15, 0.2) is 11.0 Å². The Hall–Kier alpha value is -1.65. The summed E-state index contributed by atoms with van der Waals surface area (Å²) in [6.45, 7) is 3.41. The predicted octanol–water partition coefficient (Wildman–Crippen LogP) is 0.681. The number of nitrogens with zero attached hydrogens (tertiary/aromatic N) is 1. The van der Waals surface area contributed by atoms with Gasteiger partial charge in [0.2, 0.25) is 5.91 Å². The fourth-order valence-electron chi connectivity index (χ4n) is 1.17. The van der Waals surface area contributed by atoms with Crippen molar-refractivity contribution in [2.24, 2.45) is 0 Å². The van der Waals surface area contributed by atoms with Crippen LogP contribution in [0.4, 0.5) is 5.82 Å². The zero-order valence-electron chi connectivity index (χ0n) is 8.26. The number of hydrogen-bond acceptors (Lipinski definition) is 3. The lowest BCUT2D eigenvalue weighted by Gasteiger charge is -2.06. The van der Waals surface area contributed by atoms with Crippen LogP contribution in [0.1, 0.15) is 25.8 Å². The number of amides is 1.